The Morgan fingerprint density at radius 3 is 2.14 bits per heavy atom. The highest BCUT2D eigenvalue weighted by atomic mass is 79.9. The second-order valence-corrected chi connectivity index (χ2v) is 9.68. The van der Waals surface area contributed by atoms with E-state index in [0.717, 1.165) is 9.87 Å². The van der Waals surface area contributed by atoms with Crippen LogP contribution < -0.4 is 0 Å². The van der Waals surface area contributed by atoms with E-state index in [1.807, 2.05) is 12.1 Å². The van der Waals surface area contributed by atoms with Gasteiger partial charge in [0.2, 0.25) is 10.0 Å². The van der Waals surface area contributed by atoms with E-state index in [4.69, 9.17) is 4.74 Å². The van der Waals surface area contributed by atoms with Crippen LogP contribution >= 0.6 is 15.9 Å². The van der Waals surface area contributed by atoms with E-state index in [9.17, 15) is 18.0 Å². The standard InChI is InChI=1S/C20H22BrNO5S/c1-13(2)14-5-7-15(8-6-14)18(23)12-27-20(24)16-9-10-17(21)19(11-16)28(25,26)22(3)4/h5-11,13H,12H2,1-4H3. The minimum Gasteiger partial charge on any atom is -0.454 e. The Balaban J connectivity index is 2.12. The molecule has 2 aromatic rings. The summed E-state index contributed by atoms with van der Waals surface area (Å²) < 4.78 is 31.1. The summed E-state index contributed by atoms with van der Waals surface area (Å²) in [5, 5.41) is 0. The molecule has 2 aromatic carbocycles. The first-order valence-electron chi connectivity index (χ1n) is 8.56. The van der Waals surface area contributed by atoms with Crippen LogP contribution in [0.25, 0.3) is 0 Å². The number of benzene rings is 2. The molecule has 0 unspecified atom stereocenters. The summed E-state index contributed by atoms with van der Waals surface area (Å²) in [6.45, 7) is 3.69. The molecule has 0 radical (unpaired) electrons. The second kappa shape index (κ2) is 8.98. The van der Waals surface area contributed by atoms with Crippen LogP contribution in [0.5, 0.6) is 0 Å². The number of carbonyl (C=O) groups excluding carboxylic acids is 2. The minimum atomic E-state index is -3.74. The Hall–Kier alpha value is -2.03. The number of ketones is 1. The Morgan fingerprint density at radius 2 is 1.61 bits per heavy atom. The summed E-state index contributed by atoms with van der Waals surface area (Å²) in [4.78, 5) is 24.5. The lowest BCUT2D eigenvalue weighted by molar-refractivity contribution is 0.0474. The fourth-order valence-electron chi connectivity index (χ4n) is 2.38. The summed E-state index contributed by atoms with van der Waals surface area (Å²) in [7, 11) is -0.940. The largest absolute Gasteiger partial charge is 0.454 e. The smallest absolute Gasteiger partial charge is 0.338 e. The molecule has 0 fully saturated rings. The molecule has 0 bridgehead atoms. The zero-order valence-electron chi connectivity index (χ0n) is 16.1. The number of hydrogen-bond donors (Lipinski definition) is 0. The number of sulfonamides is 1. The van der Waals surface area contributed by atoms with Crippen molar-refractivity contribution >= 4 is 37.7 Å². The number of hydrogen-bond acceptors (Lipinski definition) is 5. The molecule has 0 amide bonds. The number of nitrogens with zero attached hydrogens (tertiary/aromatic N) is 1. The van der Waals surface area contributed by atoms with Crippen molar-refractivity contribution in [2.75, 3.05) is 20.7 Å². The maximum Gasteiger partial charge on any atom is 0.338 e. The third kappa shape index (κ3) is 5.06. The third-order valence-electron chi connectivity index (χ3n) is 4.16. The molecular weight excluding hydrogens is 446 g/mol. The first-order chi connectivity index (χ1) is 13.0. The predicted molar refractivity (Wildman–Crippen MR) is 110 cm³/mol. The maximum atomic E-state index is 12.3. The predicted octanol–water partition coefficient (Wildman–Crippen LogP) is 3.86. The number of ether oxygens (including phenoxy) is 1. The summed E-state index contributed by atoms with van der Waals surface area (Å²) in [5.41, 5.74) is 1.61. The van der Waals surface area contributed by atoms with Crippen molar-refractivity contribution in [1.29, 1.82) is 0 Å². The molecule has 0 aliphatic carbocycles. The molecule has 0 N–H and O–H groups in total. The summed E-state index contributed by atoms with van der Waals surface area (Å²) >= 11 is 3.18. The van der Waals surface area contributed by atoms with Crippen LogP contribution in [0, 0.1) is 0 Å². The zero-order chi connectivity index (χ0) is 21.1. The van der Waals surface area contributed by atoms with Gasteiger partial charge in [0.25, 0.3) is 0 Å². The number of carbonyl (C=O) groups is 2. The molecule has 0 heterocycles. The first-order valence-corrected chi connectivity index (χ1v) is 10.8. The SMILES string of the molecule is CC(C)c1ccc(C(=O)COC(=O)c2ccc(Br)c(S(=O)(=O)N(C)C)c2)cc1. The van der Waals surface area contributed by atoms with Crippen LogP contribution in [-0.2, 0) is 14.8 Å². The molecule has 6 nitrogen and oxygen atoms in total. The third-order valence-corrected chi connectivity index (χ3v) is 6.97. The molecule has 0 aromatic heterocycles. The number of rotatable bonds is 7. The Labute approximate surface area is 173 Å². The van der Waals surface area contributed by atoms with Gasteiger partial charge in [0.05, 0.1) is 10.5 Å². The number of halogens is 1. The average molecular weight is 468 g/mol. The molecule has 0 saturated heterocycles. The van der Waals surface area contributed by atoms with Gasteiger partial charge in [-0.2, -0.15) is 0 Å². The summed E-state index contributed by atoms with van der Waals surface area (Å²) in [6, 6.07) is 11.3. The molecule has 2 rings (SSSR count). The molecule has 0 saturated carbocycles. The van der Waals surface area contributed by atoms with Crippen LogP contribution in [0.3, 0.4) is 0 Å². The van der Waals surface area contributed by atoms with Gasteiger partial charge in [-0.1, -0.05) is 38.1 Å². The highest BCUT2D eigenvalue weighted by Gasteiger charge is 2.23. The Kier molecular flexibility index (Phi) is 7.14. The highest BCUT2D eigenvalue weighted by molar-refractivity contribution is 9.10. The fraction of sp³-hybridized carbons (Fsp3) is 0.300. The van der Waals surface area contributed by atoms with Gasteiger partial charge in [0, 0.05) is 24.1 Å². The summed E-state index contributed by atoms with van der Waals surface area (Å²) in [5.74, 6) is -0.746. The van der Waals surface area contributed by atoms with E-state index in [-0.39, 0.29) is 16.2 Å². The van der Waals surface area contributed by atoms with Gasteiger partial charge >= 0.3 is 5.97 Å². The average Bonchev–Trinajstić information content (AvgIpc) is 2.65. The van der Waals surface area contributed by atoms with Crippen molar-refractivity contribution in [2.24, 2.45) is 0 Å². The van der Waals surface area contributed by atoms with E-state index in [0.29, 0.717) is 16.0 Å². The monoisotopic (exact) mass is 467 g/mol. The van der Waals surface area contributed by atoms with Crippen molar-refractivity contribution in [1.82, 2.24) is 4.31 Å². The van der Waals surface area contributed by atoms with E-state index in [2.05, 4.69) is 29.8 Å². The van der Waals surface area contributed by atoms with Crippen LogP contribution in [-0.4, -0.2) is 45.2 Å². The van der Waals surface area contributed by atoms with Crippen molar-refractivity contribution < 1.29 is 22.7 Å². The molecule has 0 aliphatic heterocycles. The van der Waals surface area contributed by atoms with Gasteiger partial charge in [-0.05, 0) is 45.6 Å². The highest BCUT2D eigenvalue weighted by Crippen LogP contribution is 2.25. The molecule has 8 heteroatoms. The van der Waals surface area contributed by atoms with Crippen molar-refractivity contribution in [3.63, 3.8) is 0 Å². The van der Waals surface area contributed by atoms with Crippen molar-refractivity contribution in [3.05, 3.63) is 63.6 Å². The van der Waals surface area contributed by atoms with Crippen LogP contribution in [0.2, 0.25) is 0 Å². The summed E-state index contributed by atoms with van der Waals surface area (Å²) in [6.07, 6.45) is 0. The van der Waals surface area contributed by atoms with E-state index >= 15 is 0 Å². The van der Waals surface area contributed by atoms with E-state index in [1.54, 1.807) is 12.1 Å². The molecule has 28 heavy (non-hydrogen) atoms. The number of esters is 1. The minimum absolute atomic E-state index is 0.0478. The van der Waals surface area contributed by atoms with Crippen LogP contribution in [0.4, 0.5) is 0 Å². The lowest BCUT2D eigenvalue weighted by Gasteiger charge is -2.14. The van der Waals surface area contributed by atoms with Gasteiger partial charge in [-0.25, -0.2) is 17.5 Å². The second-order valence-electron chi connectivity index (χ2n) is 6.71. The molecule has 150 valence electrons. The molecule has 0 spiro atoms. The molecular formula is C20H22BrNO5S. The van der Waals surface area contributed by atoms with E-state index in [1.165, 1.54) is 32.3 Å². The van der Waals surface area contributed by atoms with Crippen LogP contribution in [0.1, 0.15) is 46.0 Å². The maximum absolute atomic E-state index is 12.3. The lowest BCUT2D eigenvalue weighted by Crippen LogP contribution is -2.23. The number of Topliss-reactive ketones (excluding diaryl/α,β-unsaturated/α-hetero) is 1. The quantitative estimate of drug-likeness (QED) is 0.456. The van der Waals surface area contributed by atoms with Gasteiger partial charge in [0.15, 0.2) is 12.4 Å². The van der Waals surface area contributed by atoms with Gasteiger partial charge < -0.3 is 4.74 Å². The van der Waals surface area contributed by atoms with Crippen molar-refractivity contribution in [2.45, 2.75) is 24.7 Å². The van der Waals surface area contributed by atoms with Gasteiger partial charge in [-0.15, -0.1) is 0 Å². The Morgan fingerprint density at radius 1 is 1.04 bits per heavy atom. The van der Waals surface area contributed by atoms with Crippen LogP contribution in [0.15, 0.2) is 51.8 Å². The normalized spacial score (nSPS) is 11.7. The van der Waals surface area contributed by atoms with Crippen molar-refractivity contribution in [3.8, 4) is 0 Å². The zero-order valence-corrected chi connectivity index (χ0v) is 18.5. The first kappa shape index (κ1) is 22.3. The molecule has 0 atom stereocenters. The van der Waals surface area contributed by atoms with Gasteiger partial charge in [0.1, 0.15) is 0 Å². The fourth-order valence-corrected chi connectivity index (χ4v) is 4.22. The van der Waals surface area contributed by atoms with Gasteiger partial charge in [-0.3, -0.25) is 4.79 Å². The Bertz CT molecular complexity index is 982. The lowest BCUT2D eigenvalue weighted by atomic mass is 10.0. The van der Waals surface area contributed by atoms with E-state index < -0.39 is 22.6 Å². The molecule has 0 aliphatic rings. The topological polar surface area (TPSA) is 80.8 Å².